The number of benzene rings is 2. The number of rotatable bonds is 10. The van der Waals surface area contributed by atoms with Crippen molar-refractivity contribution in [2.24, 2.45) is 5.92 Å². The Balaban J connectivity index is 1.64. The summed E-state index contributed by atoms with van der Waals surface area (Å²) in [5.41, 5.74) is 1.51. The second kappa shape index (κ2) is 11.3. The summed E-state index contributed by atoms with van der Waals surface area (Å²) in [5, 5.41) is 11.1. The first kappa shape index (κ1) is 24.0. The van der Waals surface area contributed by atoms with Crippen LogP contribution in [0.1, 0.15) is 44.5 Å². The molecule has 0 saturated carbocycles. The van der Waals surface area contributed by atoms with E-state index in [0.717, 1.165) is 5.56 Å². The van der Waals surface area contributed by atoms with E-state index >= 15 is 0 Å². The first-order valence-corrected chi connectivity index (χ1v) is 11.0. The highest BCUT2D eigenvalue weighted by atomic mass is 16.5. The van der Waals surface area contributed by atoms with E-state index < -0.39 is 0 Å². The van der Waals surface area contributed by atoms with E-state index in [2.05, 4.69) is 34.3 Å². The number of hydrogen-bond acceptors (Lipinski definition) is 6. The highest BCUT2D eigenvalue weighted by Gasteiger charge is 2.14. The van der Waals surface area contributed by atoms with Crippen LogP contribution in [-0.2, 0) is 11.2 Å². The highest BCUT2D eigenvalue weighted by molar-refractivity contribution is 5.76. The van der Waals surface area contributed by atoms with Crippen molar-refractivity contribution in [3.05, 3.63) is 70.1 Å². The Morgan fingerprint density at radius 1 is 1.06 bits per heavy atom. The smallest absolute Gasteiger partial charge is 0.273 e. The number of nitrogens with one attached hydrogen (secondary N) is 2. The lowest BCUT2D eigenvalue weighted by atomic mass is 10.1. The van der Waals surface area contributed by atoms with Gasteiger partial charge < -0.3 is 19.8 Å². The van der Waals surface area contributed by atoms with Gasteiger partial charge in [0.05, 0.1) is 19.8 Å². The zero-order valence-corrected chi connectivity index (χ0v) is 19.4. The molecule has 3 rings (SSSR count). The minimum atomic E-state index is -0.372. The molecular formula is C25H30N4O4. The van der Waals surface area contributed by atoms with Gasteiger partial charge in [0.15, 0.2) is 17.3 Å². The van der Waals surface area contributed by atoms with E-state index in [9.17, 15) is 9.59 Å². The molecule has 2 N–H and O–H groups in total. The molecule has 2 aromatic carbocycles. The van der Waals surface area contributed by atoms with Crippen LogP contribution in [-0.4, -0.2) is 34.8 Å². The third kappa shape index (κ3) is 6.65. The maximum atomic E-state index is 12.5. The van der Waals surface area contributed by atoms with Crippen molar-refractivity contribution < 1.29 is 14.3 Å². The SMILES string of the molecule is COc1cc(-c2nnc(CCC(=O)NC(C)c3ccccc3)c(=O)[nH]2)ccc1OCC(C)C. The lowest BCUT2D eigenvalue weighted by Gasteiger charge is -2.14. The molecule has 8 heteroatoms. The van der Waals surface area contributed by atoms with E-state index in [1.54, 1.807) is 25.3 Å². The molecule has 0 aliphatic rings. The van der Waals surface area contributed by atoms with Crippen molar-refractivity contribution in [1.29, 1.82) is 0 Å². The van der Waals surface area contributed by atoms with Gasteiger partial charge in [-0.1, -0.05) is 44.2 Å². The number of nitrogens with zero attached hydrogens (tertiary/aromatic N) is 2. The third-order valence-electron chi connectivity index (χ3n) is 5.04. The second-order valence-corrected chi connectivity index (χ2v) is 8.22. The lowest BCUT2D eigenvalue weighted by Crippen LogP contribution is -2.28. The summed E-state index contributed by atoms with van der Waals surface area (Å²) in [6.07, 6.45) is 0.339. The molecule has 1 heterocycles. The van der Waals surface area contributed by atoms with Crippen LogP contribution < -0.4 is 20.3 Å². The molecular weight excluding hydrogens is 420 g/mol. The Morgan fingerprint density at radius 2 is 1.82 bits per heavy atom. The zero-order valence-electron chi connectivity index (χ0n) is 19.4. The summed E-state index contributed by atoms with van der Waals surface area (Å²) in [4.78, 5) is 27.6. The van der Waals surface area contributed by atoms with Gasteiger partial charge in [0.25, 0.3) is 5.56 Å². The van der Waals surface area contributed by atoms with Crippen molar-refractivity contribution in [1.82, 2.24) is 20.5 Å². The van der Waals surface area contributed by atoms with Gasteiger partial charge in [-0.2, -0.15) is 0 Å². The molecule has 3 aromatic rings. The maximum absolute atomic E-state index is 12.5. The number of H-pyrrole nitrogens is 1. The van der Waals surface area contributed by atoms with Crippen molar-refractivity contribution in [2.75, 3.05) is 13.7 Å². The fourth-order valence-corrected chi connectivity index (χ4v) is 3.22. The van der Waals surface area contributed by atoms with Gasteiger partial charge in [-0.25, -0.2) is 0 Å². The van der Waals surface area contributed by atoms with E-state index in [0.29, 0.717) is 35.4 Å². The van der Waals surface area contributed by atoms with Crippen molar-refractivity contribution >= 4 is 5.91 Å². The number of methoxy groups -OCH3 is 1. The number of aromatic amines is 1. The molecule has 0 aliphatic heterocycles. The molecule has 0 aliphatic carbocycles. The van der Waals surface area contributed by atoms with Crippen LogP contribution in [0.15, 0.2) is 53.3 Å². The summed E-state index contributed by atoms with van der Waals surface area (Å²) in [6.45, 7) is 6.62. The second-order valence-electron chi connectivity index (χ2n) is 8.22. The van der Waals surface area contributed by atoms with E-state index in [-0.39, 0.29) is 36.0 Å². The molecule has 0 radical (unpaired) electrons. The summed E-state index contributed by atoms with van der Waals surface area (Å²) >= 11 is 0. The molecule has 1 aromatic heterocycles. The van der Waals surface area contributed by atoms with Crippen molar-refractivity contribution in [3.8, 4) is 22.9 Å². The van der Waals surface area contributed by atoms with Crippen LogP contribution in [0.5, 0.6) is 11.5 Å². The first-order chi connectivity index (χ1) is 15.9. The molecule has 33 heavy (non-hydrogen) atoms. The number of ether oxygens (including phenoxy) is 2. The monoisotopic (exact) mass is 450 g/mol. The Morgan fingerprint density at radius 3 is 2.48 bits per heavy atom. The molecule has 0 saturated heterocycles. The number of hydrogen-bond donors (Lipinski definition) is 2. The van der Waals surface area contributed by atoms with Crippen LogP contribution >= 0.6 is 0 Å². The normalized spacial score (nSPS) is 11.8. The van der Waals surface area contributed by atoms with Crippen LogP contribution in [0.4, 0.5) is 0 Å². The molecule has 0 fully saturated rings. The first-order valence-electron chi connectivity index (χ1n) is 11.0. The Labute approximate surface area is 193 Å². The number of amides is 1. The summed E-state index contributed by atoms with van der Waals surface area (Å²) in [6, 6.07) is 14.9. The van der Waals surface area contributed by atoms with Gasteiger partial charge in [0.2, 0.25) is 5.91 Å². The highest BCUT2D eigenvalue weighted by Crippen LogP contribution is 2.31. The maximum Gasteiger partial charge on any atom is 0.273 e. The van der Waals surface area contributed by atoms with Gasteiger partial charge in [-0.3, -0.25) is 9.59 Å². The van der Waals surface area contributed by atoms with Gasteiger partial charge in [0.1, 0.15) is 5.69 Å². The summed E-state index contributed by atoms with van der Waals surface area (Å²) in [5.74, 6) is 1.72. The summed E-state index contributed by atoms with van der Waals surface area (Å²) in [7, 11) is 1.56. The molecule has 0 bridgehead atoms. The van der Waals surface area contributed by atoms with Gasteiger partial charge in [0, 0.05) is 18.4 Å². The molecule has 1 unspecified atom stereocenters. The van der Waals surface area contributed by atoms with Crippen molar-refractivity contribution in [2.45, 2.75) is 39.7 Å². The Kier molecular flexibility index (Phi) is 8.18. The molecule has 1 amide bonds. The van der Waals surface area contributed by atoms with Gasteiger partial charge in [-0.05, 0) is 36.6 Å². The van der Waals surface area contributed by atoms with Crippen LogP contribution in [0.2, 0.25) is 0 Å². The largest absolute Gasteiger partial charge is 0.493 e. The molecule has 0 spiro atoms. The quantitative estimate of drug-likeness (QED) is 0.488. The van der Waals surface area contributed by atoms with Crippen LogP contribution in [0.3, 0.4) is 0 Å². The standard InChI is InChI=1S/C25H30N4O4/c1-16(2)15-33-21-12-10-19(14-22(21)32-4)24-27-25(31)20(28-29-24)11-13-23(30)26-17(3)18-8-6-5-7-9-18/h5-10,12,14,16-17H,11,13,15H2,1-4H3,(H,26,30)(H,27,29,31). The zero-order chi connectivity index (χ0) is 23.8. The predicted octanol–water partition coefficient (Wildman–Crippen LogP) is 3.69. The Bertz CT molecular complexity index is 1130. The molecule has 1 atom stereocenters. The van der Waals surface area contributed by atoms with Crippen LogP contribution in [0.25, 0.3) is 11.4 Å². The number of aryl methyl sites for hydroxylation is 1. The number of aromatic nitrogens is 3. The molecule has 8 nitrogen and oxygen atoms in total. The third-order valence-corrected chi connectivity index (χ3v) is 5.04. The van der Waals surface area contributed by atoms with Gasteiger partial charge in [-0.15, -0.1) is 10.2 Å². The van der Waals surface area contributed by atoms with E-state index in [1.807, 2.05) is 37.3 Å². The fourth-order valence-electron chi connectivity index (χ4n) is 3.22. The van der Waals surface area contributed by atoms with Crippen LogP contribution in [0, 0.1) is 5.92 Å². The minimum absolute atomic E-state index is 0.118. The topological polar surface area (TPSA) is 106 Å². The number of carbonyl (C=O) groups excluding carboxylic acids is 1. The lowest BCUT2D eigenvalue weighted by molar-refractivity contribution is -0.121. The predicted molar refractivity (Wildman–Crippen MR) is 126 cm³/mol. The average Bonchev–Trinajstić information content (AvgIpc) is 2.82. The Hall–Kier alpha value is -3.68. The summed E-state index contributed by atoms with van der Waals surface area (Å²) < 4.78 is 11.2. The minimum Gasteiger partial charge on any atom is -0.493 e. The van der Waals surface area contributed by atoms with Gasteiger partial charge >= 0.3 is 0 Å². The van der Waals surface area contributed by atoms with E-state index in [4.69, 9.17) is 9.47 Å². The number of carbonyl (C=O) groups is 1. The molecule has 174 valence electrons. The average molecular weight is 451 g/mol. The van der Waals surface area contributed by atoms with E-state index in [1.165, 1.54) is 0 Å². The fraction of sp³-hybridized carbons (Fsp3) is 0.360. The van der Waals surface area contributed by atoms with Crippen molar-refractivity contribution in [3.63, 3.8) is 0 Å².